The van der Waals surface area contributed by atoms with Gasteiger partial charge in [-0.2, -0.15) is 0 Å². The smallest absolute Gasteiger partial charge is 0.208 e. The Bertz CT molecular complexity index is 923. The van der Waals surface area contributed by atoms with E-state index >= 15 is 0 Å². The maximum Gasteiger partial charge on any atom is 0.208 e. The third kappa shape index (κ3) is 2.89. The van der Waals surface area contributed by atoms with Crippen LogP contribution in [0.4, 0.5) is 5.82 Å². The molecule has 0 spiro atoms. The van der Waals surface area contributed by atoms with Gasteiger partial charge in [-0.15, -0.1) is 0 Å². The molecular formula is C16H14N2O2SZn. The Morgan fingerprint density at radius 3 is 2.32 bits per heavy atom. The minimum absolute atomic E-state index is 0. The van der Waals surface area contributed by atoms with E-state index in [0.717, 1.165) is 10.9 Å². The fraction of sp³-hybridized carbons (Fsp3) is 0.0625. The van der Waals surface area contributed by atoms with Crippen LogP contribution in [0.5, 0.6) is 0 Å². The molecule has 0 radical (unpaired) electrons. The molecule has 0 saturated carbocycles. The van der Waals surface area contributed by atoms with Crippen molar-refractivity contribution in [2.24, 2.45) is 0 Å². The van der Waals surface area contributed by atoms with Gasteiger partial charge in [0.25, 0.3) is 0 Å². The molecule has 0 fully saturated rings. The Kier molecular flexibility index (Phi) is 4.64. The number of sulfone groups is 1. The van der Waals surface area contributed by atoms with Gasteiger partial charge in [-0.1, -0.05) is 29.8 Å². The molecule has 108 valence electrons. The molecule has 1 heterocycles. The number of rotatable bonds is 2. The molecule has 0 bridgehead atoms. The van der Waals surface area contributed by atoms with E-state index in [9.17, 15) is 8.42 Å². The van der Waals surface area contributed by atoms with Crippen LogP contribution in [0.2, 0.25) is 0 Å². The van der Waals surface area contributed by atoms with Gasteiger partial charge in [0.15, 0.2) is 0 Å². The molecule has 0 saturated heterocycles. The van der Waals surface area contributed by atoms with Crippen molar-refractivity contribution >= 4 is 26.6 Å². The third-order valence-corrected chi connectivity index (χ3v) is 5.13. The van der Waals surface area contributed by atoms with Crippen LogP contribution in [0.3, 0.4) is 0 Å². The van der Waals surface area contributed by atoms with Crippen LogP contribution in [0, 0.1) is 6.92 Å². The van der Waals surface area contributed by atoms with Gasteiger partial charge >= 0.3 is 0 Å². The maximum atomic E-state index is 12.8. The molecule has 0 aliphatic rings. The van der Waals surface area contributed by atoms with Crippen molar-refractivity contribution < 1.29 is 27.9 Å². The van der Waals surface area contributed by atoms with E-state index in [2.05, 4.69) is 4.98 Å². The fourth-order valence-corrected chi connectivity index (χ4v) is 3.62. The van der Waals surface area contributed by atoms with E-state index < -0.39 is 9.84 Å². The van der Waals surface area contributed by atoms with Crippen LogP contribution in [-0.4, -0.2) is 13.4 Å². The topological polar surface area (TPSA) is 73.0 Å². The maximum absolute atomic E-state index is 12.8. The van der Waals surface area contributed by atoms with E-state index in [0.29, 0.717) is 11.3 Å². The number of nitrogen functional groups attached to an aromatic ring is 1. The summed E-state index contributed by atoms with van der Waals surface area (Å²) in [5.41, 5.74) is 7.10. The number of hydrogen-bond donors (Lipinski definition) is 1. The fourth-order valence-electron chi connectivity index (χ4n) is 2.20. The Hall–Kier alpha value is -1.78. The van der Waals surface area contributed by atoms with Crippen molar-refractivity contribution in [3.8, 4) is 0 Å². The van der Waals surface area contributed by atoms with Gasteiger partial charge in [0.05, 0.1) is 15.3 Å². The third-order valence-electron chi connectivity index (χ3n) is 3.33. The number of nitrogens with zero attached hydrogens (tertiary/aromatic N) is 1. The molecule has 2 N–H and O–H groups in total. The van der Waals surface area contributed by atoms with Crippen molar-refractivity contribution in [2.75, 3.05) is 5.73 Å². The van der Waals surface area contributed by atoms with Crippen LogP contribution >= 0.6 is 0 Å². The molecule has 3 aromatic rings. The summed E-state index contributed by atoms with van der Waals surface area (Å²) in [7, 11) is -3.62. The average molecular weight is 364 g/mol. The molecule has 22 heavy (non-hydrogen) atoms. The number of para-hydroxylation sites is 1. The van der Waals surface area contributed by atoms with Crippen LogP contribution in [-0.2, 0) is 29.3 Å². The first-order chi connectivity index (χ1) is 9.98. The minimum Gasteiger partial charge on any atom is -0.384 e. The number of fused-ring (bicyclic) bond motifs is 1. The van der Waals surface area contributed by atoms with Crippen molar-refractivity contribution in [1.29, 1.82) is 0 Å². The Balaban J connectivity index is 0.00000176. The molecule has 0 aliphatic heterocycles. The van der Waals surface area contributed by atoms with E-state index in [-0.39, 0.29) is 29.3 Å². The number of pyridine rings is 1. The summed E-state index contributed by atoms with van der Waals surface area (Å²) >= 11 is 0. The summed E-state index contributed by atoms with van der Waals surface area (Å²) in [6, 6.07) is 15.3. The molecule has 0 atom stereocenters. The van der Waals surface area contributed by atoms with Gasteiger partial charge in [-0.3, -0.25) is 0 Å². The first-order valence-corrected chi connectivity index (χ1v) is 7.94. The van der Waals surface area contributed by atoms with Crippen LogP contribution in [0.1, 0.15) is 5.56 Å². The summed E-state index contributed by atoms with van der Waals surface area (Å²) in [6.45, 7) is 1.91. The molecule has 3 rings (SSSR count). The number of benzene rings is 2. The number of anilines is 1. The SMILES string of the molecule is Cc1ccc(S(=O)(=O)c2cccc3ccc(N)nc23)cc1.[Zn]. The molecule has 1 aromatic heterocycles. The number of aromatic nitrogens is 1. The van der Waals surface area contributed by atoms with Gasteiger partial charge in [-0.25, -0.2) is 13.4 Å². The van der Waals surface area contributed by atoms with E-state index in [1.807, 2.05) is 13.0 Å². The van der Waals surface area contributed by atoms with Crippen LogP contribution in [0.25, 0.3) is 10.9 Å². The zero-order chi connectivity index (χ0) is 15.0. The van der Waals surface area contributed by atoms with Gasteiger partial charge in [-0.05, 0) is 37.3 Å². The van der Waals surface area contributed by atoms with Crippen LogP contribution in [0.15, 0.2) is 64.4 Å². The zero-order valence-electron chi connectivity index (χ0n) is 12.2. The normalized spacial score (nSPS) is 11.1. The van der Waals surface area contributed by atoms with Gasteiger partial charge in [0.1, 0.15) is 5.82 Å². The molecule has 4 nitrogen and oxygen atoms in total. The Labute approximate surface area is 142 Å². The Morgan fingerprint density at radius 2 is 1.64 bits per heavy atom. The van der Waals surface area contributed by atoms with Crippen molar-refractivity contribution in [3.63, 3.8) is 0 Å². The number of nitrogens with two attached hydrogens (primary N) is 1. The summed E-state index contributed by atoms with van der Waals surface area (Å²) in [6.07, 6.45) is 0. The number of hydrogen-bond acceptors (Lipinski definition) is 4. The van der Waals surface area contributed by atoms with Crippen LogP contribution < -0.4 is 5.73 Å². The zero-order valence-corrected chi connectivity index (χ0v) is 15.9. The molecule has 0 aliphatic carbocycles. The van der Waals surface area contributed by atoms with E-state index in [1.165, 1.54) is 0 Å². The van der Waals surface area contributed by atoms with E-state index in [1.54, 1.807) is 48.5 Å². The van der Waals surface area contributed by atoms with Gasteiger partial charge in [0, 0.05) is 24.9 Å². The first-order valence-electron chi connectivity index (χ1n) is 6.45. The summed E-state index contributed by atoms with van der Waals surface area (Å²) in [5, 5.41) is 0.748. The second kappa shape index (κ2) is 6.15. The van der Waals surface area contributed by atoms with Crippen molar-refractivity contribution in [1.82, 2.24) is 4.98 Å². The second-order valence-electron chi connectivity index (χ2n) is 4.88. The summed E-state index contributed by atoms with van der Waals surface area (Å²) in [4.78, 5) is 4.62. The predicted molar refractivity (Wildman–Crippen MR) is 82.8 cm³/mol. The number of aryl methyl sites for hydroxylation is 1. The standard InChI is InChI=1S/C16H14N2O2S.Zn/c1-11-5-8-13(9-6-11)21(19,20)14-4-2-3-12-7-10-15(17)18-16(12)14;/h2-10H,1H3,(H2,17,18);. The van der Waals surface area contributed by atoms with Gasteiger partial charge < -0.3 is 5.73 Å². The van der Waals surface area contributed by atoms with Crippen molar-refractivity contribution in [2.45, 2.75) is 16.7 Å². The van der Waals surface area contributed by atoms with E-state index in [4.69, 9.17) is 5.73 Å². The van der Waals surface area contributed by atoms with Crippen molar-refractivity contribution in [3.05, 3.63) is 60.2 Å². The summed E-state index contributed by atoms with van der Waals surface area (Å²) < 4.78 is 25.6. The molecule has 0 amide bonds. The predicted octanol–water partition coefficient (Wildman–Crippen LogP) is 2.96. The average Bonchev–Trinajstić information content (AvgIpc) is 2.47. The molecule has 0 unspecified atom stereocenters. The first kappa shape index (κ1) is 16.6. The largest absolute Gasteiger partial charge is 0.384 e. The second-order valence-corrected chi connectivity index (χ2v) is 6.80. The molecular weight excluding hydrogens is 350 g/mol. The van der Waals surface area contributed by atoms with Gasteiger partial charge in [0.2, 0.25) is 9.84 Å². The molecule has 2 aromatic carbocycles. The monoisotopic (exact) mass is 362 g/mol. The Morgan fingerprint density at radius 1 is 0.955 bits per heavy atom. The minimum atomic E-state index is -3.62. The summed E-state index contributed by atoms with van der Waals surface area (Å²) in [5.74, 6) is 0.300. The molecule has 6 heteroatoms. The quantitative estimate of drug-likeness (QED) is 0.710.